The maximum absolute atomic E-state index is 13.1. The molecular formula is C26H31N3O5. The van der Waals surface area contributed by atoms with Crippen LogP contribution in [0.4, 0.5) is 5.69 Å². The number of aliphatic carboxylic acids is 1. The van der Waals surface area contributed by atoms with Gasteiger partial charge in [-0.25, -0.2) is 0 Å². The molecule has 34 heavy (non-hydrogen) atoms. The summed E-state index contributed by atoms with van der Waals surface area (Å²) in [5.74, 6) is -0.259. The summed E-state index contributed by atoms with van der Waals surface area (Å²) in [6.45, 7) is 4.93. The first-order chi connectivity index (χ1) is 16.4. The Morgan fingerprint density at radius 2 is 1.91 bits per heavy atom. The van der Waals surface area contributed by atoms with Gasteiger partial charge in [0, 0.05) is 30.3 Å². The fraction of sp³-hybridized carbons (Fsp3) is 0.423. The summed E-state index contributed by atoms with van der Waals surface area (Å²) >= 11 is 0. The van der Waals surface area contributed by atoms with Crippen molar-refractivity contribution in [2.24, 2.45) is 11.0 Å². The highest BCUT2D eigenvalue weighted by molar-refractivity contribution is 6.06. The number of ether oxygens (including phenoxy) is 2. The maximum atomic E-state index is 13.1. The molecule has 0 bridgehead atoms. The van der Waals surface area contributed by atoms with Crippen LogP contribution in [0.15, 0.2) is 47.6 Å². The topological polar surface area (TPSA) is 91.7 Å². The quantitative estimate of drug-likeness (QED) is 0.630. The van der Waals surface area contributed by atoms with Crippen molar-refractivity contribution < 1.29 is 24.2 Å². The van der Waals surface area contributed by atoms with Gasteiger partial charge >= 0.3 is 5.97 Å². The number of hydrogen-bond donors (Lipinski definition) is 1. The Morgan fingerprint density at radius 3 is 2.59 bits per heavy atom. The summed E-state index contributed by atoms with van der Waals surface area (Å²) in [4.78, 5) is 25.9. The van der Waals surface area contributed by atoms with Gasteiger partial charge in [0.1, 0.15) is 11.9 Å². The molecule has 2 unspecified atom stereocenters. The summed E-state index contributed by atoms with van der Waals surface area (Å²) in [6, 6.07) is 13.1. The van der Waals surface area contributed by atoms with E-state index < -0.39 is 5.97 Å². The van der Waals surface area contributed by atoms with Crippen molar-refractivity contribution in [1.82, 2.24) is 5.01 Å². The summed E-state index contributed by atoms with van der Waals surface area (Å²) in [6.07, 6.45) is 3.13. The Bertz CT molecular complexity index is 1050. The lowest BCUT2D eigenvalue weighted by atomic mass is 9.87. The fourth-order valence-electron chi connectivity index (χ4n) is 4.39. The third-order valence-electron chi connectivity index (χ3n) is 6.38. The molecule has 180 valence electrons. The van der Waals surface area contributed by atoms with Crippen molar-refractivity contribution in [3.05, 3.63) is 59.2 Å². The van der Waals surface area contributed by atoms with Gasteiger partial charge in [0.25, 0.3) is 5.91 Å². The van der Waals surface area contributed by atoms with Crippen LogP contribution in [0.25, 0.3) is 0 Å². The van der Waals surface area contributed by atoms with E-state index in [4.69, 9.17) is 9.47 Å². The van der Waals surface area contributed by atoms with Gasteiger partial charge in [0.05, 0.1) is 38.9 Å². The van der Waals surface area contributed by atoms with Crippen LogP contribution >= 0.6 is 0 Å². The van der Waals surface area contributed by atoms with Crippen LogP contribution in [0.3, 0.4) is 0 Å². The van der Waals surface area contributed by atoms with E-state index in [-0.39, 0.29) is 24.3 Å². The highest BCUT2D eigenvalue weighted by atomic mass is 16.5. The second-order valence-electron chi connectivity index (χ2n) is 8.72. The fourth-order valence-corrected chi connectivity index (χ4v) is 4.39. The second kappa shape index (κ2) is 10.7. The van der Waals surface area contributed by atoms with Crippen LogP contribution in [0.1, 0.15) is 41.3 Å². The molecule has 1 fully saturated rings. The average Bonchev–Trinajstić information content (AvgIpc) is 2.86. The minimum Gasteiger partial charge on any atom is -0.490 e. The molecule has 1 amide bonds. The molecule has 2 aromatic rings. The number of carboxylic acid groups (broad SMARTS) is 1. The molecule has 2 atom stereocenters. The van der Waals surface area contributed by atoms with Crippen LogP contribution in [0, 0.1) is 5.92 Å². The number of carboxylic acids is 1. The zero-order valence-corrected chi connectivity index (χ0v) is 19.6. The number of morpholine rings is 1. The van der Waals surface area contributed by atoms with E-state index in [1.807, 2.05) is 42.3 Å². The lowest BCUT2D eigenvalue weighted by molar-refractivity contribution is -0.139. The van der Waals surface area contributed by atoms with Crippen LogP contribution in [0.2, 0.25) is 0 Å². The largest absolute Gasteiger partial charge is 0.490 e. The highest BCUT2D eigenvalue weighted by Crippen LogP contribution is 2.36. The third-order valence-corrected chi connectivity index (χ3v) is 6.38. The number of nitrogens with zero attached hydrogens (tertiary/aromatic N) is 3. The molecule has 4 rings (SSSR count). The van der Waals surface area contributed by atoms with Crippen LogP contribution in [-0.2, 0) is 16.0 Å². The van der Waals surface area contributed by atoms with Gasteiger partial charge < -0.3 is 19.5 Å². The first-order valence-electron chi connectivity index (χ1n) is 11.7. The summed E-state index contributed by atoms with van der Waals surface area (Å²) in [5, 5.41) is 15.7. The van der Waals surface area contributed by atoms with E-state index in [1.54, 1.807) is 30.3 Å². The van der Waals surface area contributed by atoms with E-state index >= 15 is 0 Å². The first-order valence-corrected chi connectivity index (χ1v) is 11.7. The van der Waals surface area contributed by atoms with Crippen molar-refractivity contribution in [1.29, 1.82) is 0 Å². The van der Waals surface area contributed by atoms with Gasteiger partial charge in [-0.05, 0) is 42.2 Å². The van der Waals surface area contributed by atoms with Crippen molar-refractivity contribution >= 4 is 23.8 Å². The molecule has 8 heteroatoms. The molecule has 0 aromatic heterocycles. The van der Waals surface area contributed by atoms with Crippen molar-refractivity contribution in [2.75, 3.05) is 38.3 Å². The SMILES string of the molecule is CCC1Oc2cc(N(C)C(=O)c3ccc(C=NN4CCOCC4)cc3)ccc2CC1CC(=O)O. The van der Waals surface area contributed by atoms with E-state index in [0.29, 0.717) is 25.2 Å². The second-order valence-corrected chi connectivity index (χ2v) is 8.72. The molecule has 1 saturated heterocycles. The number of carbonyl (C=O) groups is 2. The van der Waals surface area contributed by atoms with Gasteiger partial charge in [-0.15, -0.1) is 0 Å². The molecule has 0 spiro atoms. The smallest absolute Gasteiger partial charge is 0.303 e. The maximum Gasteiger partial charge on any atom is 0.303 e. The summed E-state index contributed by atoms with van der Waals surface area (Å²) in [5.41, 5.74) is 3.21. The summed E-state index contributed by atoms with van der Waals surface area (Å²) < 4.78 is 11.5. The van der Waals surface area contributed by atoms with Gasteiger partial charge in [-0.1, -0.05) is 25.1 Å². The minimum atomic E-state index is -0.809. The number of rotatable bonds is 7. The number of amides is 1. The molecule has 0 saturated carbocycles. The Kier molecular flexibility index (Phi) is 7.47. The van der Waals surface area contributed by atoms with Gasteiger partial charge in [-0.3, -0.25) is 14.6 Å². The van der Waals surface area contributed by atoms with Crippen molar-refractivity contribution in [2.45, 2.75) is 32.3 Å². The van der Waals surface area contributed by atoms with Gasteiger partial charge in [0.2, 0.25) is 0 Å². The average molecular weight is 466 g/mol. The highest BCUT2D eigenvalue weighted by Gasteiger charge is 2.31. The molecule has 2 aliphatic heterocycles. The zero-order valence-electron chi connectivity index (χ0n) is 19.6. The lowest BCUT2D eigenvalue weighted by Crippen LogP contribution is -2.34. The predicted octanol–water partition coefficient (Wildman–Crippen LogP) is 3.43. The summed E-state index contributed by atoms with van der Waals surface area (Å²) in [7, 11) is 1.74. The van der Waals surface area contributed by atoms with E-state index in [0.717, 1.165) is 42.1 Å². The third kappa shape index (κ3) is 5.56. The number of hydrazone groups is 1. The minimum absolute atomic E-state index is 0.0505. The molecule has 8 nitrogen and oxygen atoms in total. The Morgan fingerprint density at radius 1 is 1.18 bits per heavy atom. The number of hydrogen-bond acceptors (Lipinski definition) is 6. The van der Waals surface area contributed by atoms with Gasteiger partial charge in [-0.2, -0.15) is 5.10 Å². The predicted molar refractivity (Wildman–Crippen MR) is 130 cm³/mol. The molecule has 0 aliphatic carbocycles. The van der Waals surface area contributed by atoms with Crippen molar-refractivity contribution in [3.8, 4) is 5.75 Å². The van der Waals surface area contributed by atoms with Crippen LogP contribution in [0.5, 0.6) is 5.75 Å². The van der Waals surface area contributed by atoms with Crippen LogP contribution in [-0.4, -0.2) is 67.7 Å². The van der Waals surface area contributed by atoms with Crippen LogP contribution < -0.4 is 9.64 Å². The number of carbonyl (C=O) groups excluding carboxylic acids is 1. The van der Waals surface area contributed by atoms with E-state index in [2.05, 4.69) is 5.10 Å². The van der Waals surface area contributed by atoms with Crippen molar-refractivity contribution in [3.63, 3.8) is 0 Å². The molecule has 0 radical (unpaired) electrons. The normalized spacial score (nSPS) is 20.0. The Labute approximate surface area is 199 Å². The van der Waals surface area contributed by atoms with E-state index in [9.17, 15) is 14.7 Å². The Balaban J connectivity index is 1.43. The number of benzene rings is 2. The lowest BCUT2D eigenvalue weighted by Gasteiger charge is -2.33. The van der Waals surface area contributed by atoms with Gasteiger partial charge in [0.15, 0.2) is 0 Å². The van der Waals surface area contributed by atoms with E-state index in [1.165, 1.54) is 0 Å². The molecular weight excluding hydrogens is 434 g/mol. The monoisotopic (exact) mass is 465 g/mol. The zero-order chi connectivity index (χ0) is 24.1. The standard InChI is InChI=1S/C26H31N3O5/c1-3-23-21(15-25(30)31)14-20-8-9-22(16-24(20)34-23)28(2)26(32)19-6-4-18(5-7-19)17-27-29-10-12-33-13-11-29/h4-9,16-17,21,23H,3,10-15H2,1-2H3,(H,30,31). The first kappa shape index (κ1) is 23.8. The molecule has 2 aromatic carbocycles. The number of fused-ring (bicyclic) bond motifs is 1. The number of anilines is 1. The Hall–Kier alpha value is -3.39. The molecule has 1 N–H and O–H groups in total. The molecule has 2 aliphatic rings. The molecule has 2 heterocycles.